The summed E-state index contributed by atoms with van der Waals surface area (Å²) >= 11 is 0. The predicted molar refractivity (Wildman–Crippen MR) is 77.9 cm³/mol. The summed E-state index contributed by atoms with van der Waals surface area (Å²) in [4.78, 5) is 2.62. The van der Waals surface area contributed by atoms with Gasteiger partial charge in [0.1, 0.15) is 0 Å². The van der Waals surface area contributed by atoms with Gasteiger partial charge in [0.25, 0.3) is 0 Å². The minimum absolute atomic E-state index is 0.469. The summed E-state index contributed by atoms with van der Waals surface area (Å²) in [6.45, 7) is 10.1. The topological polar surface area (TPSA) is 15.3 Å². The highest BCUT2D eigenvalue weighted by molar-refractivity contribution is 5.24. The average Bonchev–Trinajstić information content (AvgIpc) is 2.76. The van der Waals surface area contributed by atoms with Crippen molar-refractivity contribution in [1.29, 1.82) is 0 Å². The lowest BCUT2D eigenvalue weighted by Gasteiger charge is -2.28. The number of benzene rings is 1. The van der Waals surface area contributed by atoms with E-state index in [0.717, 1.165) is 19.1 Å². The molecule has 1 aliphatic heterocycles. The largest absolute Gasteiger partial charge is 0.309 e. The van der Waals surface area contributed by atoms with E-state index in [4.69, 9.17) is 0 Å². The molecule has 1 aromatic rings. The fourth-order valence-corrected chi connectivity index (χ4v) is 2.83. The Morgan fingerprint density at radius 3 is 2.61 bits per heavy atom. The fraction of sp³-hybridized carbons (Fsp3) is 0.625. The summed E-state index contributed by atoms with van der Waals surface area (Å²) in [6.07, 6.45) is 2.71. The lowest BCUT2D eigenvalue weighted by molar-refractivity contribution is 0.238. The molecule has 1 N–H and O–H groups in total. The zero-order valence-corrected chi connectivity index (χ0v) is 11.9. The molecule has 0 radical (unpaired) electrons. The van der Waals surface area contributed by atoms with E-state index in [-0.39, 0.29) is 0 Å². The first-order valence-electron chi connectivity index (χ1n) is 7.24. The molecule has 2 rings (SSSR count). The van der Waals surface area contributed by atoms with Crippen LogP contribution in [0.3, 0.4) is 0 Å². The van der Waals surface area contributed by atoms with Crippen molar-refractivity contribution in [3.05, 3.63) is 35.4 Å². The monoisotopic (exact) mass is 246 g/mol. The highest BCUT2D eigenvalue weighted by atomic mass is 15.2. The zero-order valence-electron chi connectivity index (χ0n) is 11.9. The highest BCUT2D eigenvalue weighted by Crippen LogP contribution is 2.22. The Kier molecular flexibility index (Phi) is 4.79. The molecule has 100 valence electrons. The molecule has 0 aliphatic carbocycles. The Labute approximate surface area is 111 Å². The molecule has 0 amide bonds. The van der Waals surface area contributed by atoms with Crippen LogP contribution in [0.5, 0.6) is 0 Å². The molecule has 1 aliphatic rings. The summed E-state index contributed by atoms with van der Waals surface area (Å²) in [7, 11) is 0. The first kappa shape index (κ1) is 13.6. The van der Waals surface area contributed by atoms with Gasteiger partial charge >= 0.3 is 0 Å². The van der Waals surface area contributed by atoms with Gasteiger partial charge in [-0.1, -0.05) is 36.8 Å². The molecule has 2 nitrogen and oxygen atoms in total. The van der Waals surface area contributed by atoms with Gasteiger partial charge < -0.3 is 5.32 Å². The van der Waals surface area contributed by atoms with Gasteiger partial charge in [0.15, 0.2) is 0 Å². The summed E-state index contributed by atoms with van der Waals surface area (Å²) in [5.41, 5.74) is 2.75. The maximum atomic E-state index is 3.62. The molecule has 1 fully saturated rings. The number of hydrogen-bond acceptors (Lipinski definition) is 2. The second-order valence-corrected chi connectivity index (χ2v) is 5.51. The third kappa shape index (κ3) is 3.33. The van der Waals surface area contributed by atoms with E-state index in [1.807, 2.05) is 0 Å². The van der Waals surface area contributed by atoms with Crippen LogP contribution in [0.1, 0.15) is 43.9 Å². The smallest absolute Gasteiger partial charge is 0.0449 e. The number of aryl methyl sites for hydroxylation is 1. The fourth-order valence-electron chi connectivity index (χ4n) is 2.83. The van der Waals surface area contributed by atoms with Crippen LogP contribution in [0.4, 0.5) is 0 Å². The van der Waals surface area contributed by atoms with Gasteiger partial charge in [-0.25, -0.2) is 0 Å². The molecule has 0 spiro atoms. The van der Waals surface area contributed by atoms with E-state index in [2.05, 4.69) is 55.3 Å². The van der Waals surface area contributed by atoms with Crippen molar-refractivity contribution >= 4 is 0 Å². The Balaban J connectivity index is 2.05. The van der Waals surface area contributed by atoms with Gasteiger partial charge in [-0.05, 0) is 45.3 Å². The first-order chi connectivity index (χ1) is 8.70. The van der Waals surface area contributed by atoms with Crippen molar-refractivity contribution in [2.24, 2.45) is 0 Å². The molecule has 2 heteroatoms. The molecule has 2 unspecified atom stereocenters. The first-order valence-corrected chi connectivity index (χ1v) is 7.24. The van der Waals surface area contributed by atoms with Crippen LogP contribution in [0, 0.1) is 6.92 Å². The average molecular weight is 246 g/mol. The number of hydrogen-bond donors (Lipinski definition) is 1. The van der Waals surface area contributed by atoms with Crippen molar-refractivity contribution in [1.82, 2.24) is 10.2 Å². The third-order valence-corrected chi connectivity index (χ3v) is 4.04. The lowest BCUT2D eigenvalue weighted by Crippen LogP contribution is -2.37. The molecule has 1 aromatic carbocycles. The van der Waals surface area contributed by atoms with Gasteiger partial charge in [-0.15, -0.1) is 0 Å². The van der Waals surface area contributed by atoms with Crippen molar-refractivity contribution in [3.63, 3.8) is 0 Å². The van der Waals surface area contributed by atoms with E-state index in [1.54, 1.807) is 0 Å². The Morgan fingerprint density at radius 1 is 1.33 bits per heavy atom. The van der Waals surface area contributed by atoms with Gasteiger partial charge in [0.05, 0.1) is 0 Å². The molecular weight excluding hydrogens is 220 g/mol. The van der Waals surface area contributed by atoms with Crippen LogP contribution in [0.15, 0.2) is 24.3 Å². The molecule has 18 heavy (non-hydrogen) atoms. The van der Waals surface area contributed by atoms with Crippen LogP contribution in [0.25, 0.3) is 0 Å². The summed E-state index contributed by atoms with van der Waals surface area (Å²) < 4.78 is 0. The second-order valence-electron chi connectivity index (χ2n) is 5.51. The molecule has 0 saturated carbocycles. The zero-order chi connectivity index (χ0) is 13.0. The second kappa shape index (κ2) is 6.35. The third-order valence-electron chi connectivity index (χ3n) is 4.04. The van der Waals surface area contributed by atoms with Gasteiger partial charge in [0, 0.05) is 18.6 Å². The Hall–Kier alpha value is -0.860. The predicted octanol–water partition coefficient (Wildman–Crippen LogP) is 3.13. The van der Waals surface area contributed by atoms with Crippen LogP contribution in [-0.4, -0.2) is 30.6 Å². The van der Waals surface area contributed by atoms with Crippen LogP contribution in [0.2, 0.25) is 0 Å². The van der Waals surface area contributed by atoms with E-state index in [0.29, 0.717) is 6.04 Å². The minimum Gasteiger partial charge on any atom is -0.309 e. The normalized spacial score (nSPS) is 22.3. The van der Waals surface area contributed by atoms with Crippen molar-refractivity contribution in [3.8, 4) is 0 Å². The number of nitrogens with zero attached hydrogens (tertiary/aromatic N) is 1. The van der Waals surface area contributed by atoms with E-state index in [9.17, 15) is 0 Å². The maximum Gasteiger partial charge on any atom is 0.0449 e. The van der Waals surface area contributed by atoms with E-state index >= 15 is 0 Å². The summed E-state index contributed by atoms with van der Waals surface area (Å²) in [6, 6.07) is 10.2. The molecule has 2 atom stereocenters. The van der Waals surface area contributed by atoms with E-state index < -0.39 is 0 Å². The quantitative estimate of drug-likeness (QED) is 0.858. The molecular formula is C16H26N2. The SMILES string of the molecule is CCNC(CN1CCCC1C)c1ccc(C)cc1. The Bertz CT molecular complexity index is 358. The van der Waals surface area contributed by atoms with Crippen LogP contribution in [-0.2, 0) is 0 Å². The maximum absolute atomic E-state index is 3.62. The highest BCUT2D eigenvalue weighted by Gasteiger charge is 2.23. The Morgan fingerprint density at radius 2 is 2.06 bits per heavy atom. The lowest BCUT2D eigenvalue weighted by atomic mass is 10.0. The number of nitrogens with one attached hydrogen (secondary N) is 1. The van der Waals surface area contributed by atoms with Crippen molar-refractivity contribution < 1.29 is 0 Å². The molecule has 0 bridgehead atoms. The van der Waals surface area contributed by atoms with Crippen LogP contribution >= 0.6 is 0 Å². The van der Waals surface area contributed by atoms with Crippen molar-refractivity contribution in [2.75, 3.05) is 19.6 Å². The number of rotatable bonds is 5. The van der Waals surface area contributed by atoms with Crippen molar-refractivity contribution in [2.45, 2.75) is 45.7 Å². The van der Waals surface area contributed by atoms with Gasteiger partial charge in [-0.2, -0.15) is 0 Å². The van der Waals surface area contributed by atoms with E-state index in [1.165, 1.54) is 30.5 Å². The summed E-state index contributed by atoms with van der Waals surface area (Å²) in [5, 5.41) is 3.62. The number of likely N-dealkylation sites (N-methyl/N-ethyl adjacent to an activating group) is 1. The van der Waals surface area contributed by atoms with Gasteiger partial charge in [0.2, 0.25) is 0 Å². The summed E-state index contributed by atoms with van der Waals surface area (Å²) in [5.74, 6) is 0. The van der Waals surface area contributed by atoms with Crippen LogP contribution < -0.4 is 5.32 Å². The molecule has 1 saturated heterocycles. The standard InChI is InChI=1S/C16H26N2/c1-4-17-16(12-18-11-5-6-14(18)3)15-9-7-13(2)8-10-15/h7-10,14,16-17H,4-6,11-12H2,1-3H3. The minimum atomic E-state index is 0.469. The number of likely N-dealkylation sites (tertiary alicyclic amines) is 1. The molecule has 0 aromatic heterocycles. The van der Waals surface area contributed by atoms with Gasteiger partial charge in [-0.3, -0.25) is 4.90 Å². The molecule has 1 heterocycles.